The van der Waals surface area contributed by atoms with Crippen LogP contribution in [0.15, 0.2) is 35.4 Å². The fraction of sp³-hybridized carbons (Fsp3) is 0.400. The number of halogens is 3. The number of hydrogen-bond acceptors (Lipinski definition) is 3. The molecule has 0 aliphatic carbocycles. The summed E-state index contributed by atoms with van der Waals surface area (Å²) in [6.45, 7) is 3.46. The Labute approximate surface area is 135 Å². The predicted octanol–water partition coefficient (Wildman–Crippen LogP) is 2.10. The molecule has 0 aliphatic heterocycles. The minimum Gasteiger partial charge on any atom is -0.347 e. The van der Waals surface area contributed by atoms with E-state index < -0.39 is 29.4 Å². The minimum absolute atomic E-state index is 0.0493. The van der Waals surface area contributed by atoms with Crippen LogP contribution in [-0.2, 0) is 17.5 Å². The third-order valence-electron chi connectivity index (χ3n) is 3.51. The van der Waals surface area contributed by atoms with E-state index in [2.05, 4.69) is 15.5 Å². The van der Waals surface area contributed by atoms with Crippen LogP contribution in [0.5, 0.6) is 0 Å². The van der Waals surface area contributed by atoms with Gasteiger partial charge in [0.2, 0.25) is 5.91 Å². The van der Waals surface area contributed by atoms with Gasteiger partial charge in [-0.1, -0.05) is 26.0 Å². The smallest absolute Gasteiger partial charge is 0.347 e. The molecule has 2 aromatic rings. The highest BCUT2D eigenvalue weighted by Crippen LogP contribution is 2.31. The summed E-state index contributed by atoms with van der Waals surface area (Å²) in [6, 6.07) is 4.19. The van der Waals surface area contributed by atoms with Crippen LogP contribution in [0.2, 0.25) is 0 Å². The van der Waals surface area contributed by atoms with Crippen molar-refractivity contribution < 1.29 is 18.0 Å². The van der Waals surface area contributed by atoms with Crippen molar-refractivity contribution in [3.63, 3.8) is 0 Å². The zero-order valence-corrected chi connectivity index (χ0v) is 13.1. The van der Waals surface area contributed by atoms with Crippen LogP contribution < -0.4 is 11.0 Å². The van der Waals surface area contributed by atoms with Gasteiger partial charge >= 0.3 is 11.9 Å². The number of hydrogen-bond donors (Lipinski definition) is 2. The van der Waals surface area contributed by atoms with Crippen LogP contribution in [0.1, 0.15) is 31.0 Å². The van der Waals surface area contributed by atoms with Gasteiger partial charge in [-0.2, -0.15) is 18.3 Å². The average molecular weight is 342 g/mol. The summed E-state index contributed by atoms with van der Waals surface area (Å²) in [4.78, 5) is 23.4. The Hall–Kier alpha value is -2.58. The van der Waals surface area contributed by atoms with E-state index in [1.54, 1.807) is 0 Å². The topological polar surface area (TPSA) is 79.8 Å². The SMILES string of the molecule is CC(C)[C@H](NC(=O)Cn1cn[nH]c1=O)c1ccc(C(F)(F)F)cc1. The molecular weight excluding hydrogens is 325 g/mol. The van der Waals surface area contributed by atoms with E-state index in [4.69, 9.17) is 0 Å². The highest BCUT2D eigenvalue weighted by atomic mass is 19.4. The fourth-order valence-electron chi connectivity index (χ4n) is 2.27. The number of carbonyl (C=O) groups excluding carboxylic acids is 1. The second-order valence-corrected chi connectivity index (χ2v) is 5.70. The maximum atomic E-state index is 12.6. The predicted molar refractivity (Wildman–Crippen MR) is 80.0 cm³/mol. The molecule has 0 bridgehead atoms. The normalized spacial score (nSPS) is 13.1. The molecule has 0 aliphatic rings. The molecule has 6 nitrogen and oxygen atoms in total. The molecule has 2 rings (SSSR count). The lowest BCUT2D eigenvalue weighted by atomic mass is 9.95. The summed E-state index contributed by atoms with van der Waals surface area (Å²) in [5, 5.41) is 8.43. The van der Waals surface area contributed by atoms with Gasteiger partial charge in [-0.15, -0.1) is 0 Å². The van der Waals surface area contributed by atoms with Crippen LogP contribution >= 0.6 is 0 Å². The van der Waals surface area contributed by atoms with Crippen LogP contribution in [-0.4, -0.2) is 20.7 Å². The van der Waals surface area contributed by atoms with E-state index in [1.807, 2.05) is 13.8 Å². The van der Waals surface area contributed by atoms with E-state index in [0.717, 1.165) is 16.7 Å². The first-order valence-corrected chi connectivity index (χ1v) is 7.25. The summed E-state index contributed by atoms with van der Waals surface area (Å²) in [5.41, 5.74) is -0.698. The first-order valence-electron chi connectivity index (χ1n) is 7.25. The van der Waals surface area contributed by atoms with Gasteiger partial charge in [0.15, 0.2) is 0 Å². The standard InChI is InChI=1S/C15H17F3N4O2/c1-9(2)13(10-3-5-11(6-4-10)15(16,17)18)20-12(23)7-22-8-19-21-14(22)24/h3-6,8-9,13H,7H2,1-2H3,(H,20,23)(H,21,24)/t13-/m0/s1. The molecule has 0 spiro atoms. The molecule has 24 heavy (non-hydrogen) atoms. The van der Waals surface area contributed by atoms with E-state index in [0.29, 0.717) is 5.56 Å². The number of benzene rings is 1. The summed E-state index contributed by atoms with van der Waals surface area (Å²) in [7, 11) is 0. The van der Waals surface area contributed by atoms with Crippen molar-refractivity contribution in [2.75, 3.05) is 0 Å². The van der Waals surface area contributed by atoms with E-state index >= 15 is 0 Å². The maximum Gasteiger partial charge on any atom is 0.416 e. The lowest BCUT2D eigenvalue weighted by Crippen LogP contribution is -2.36. The van der Waals surface area contributed by atoms with Gasteiger partial charge in [0.1, 0.15) is 12.9 Å². The number of nitrogens with one attached hydrogen (secondary N) is 2. The van der Waals surface area contributed by atoms with E-state index in [1.165, 1.54) is 18.5 Å². The lowest BCUT2D eigenvalue weighted by molar-refractivity contribution is -0.137. The highest BCUT2D eigenvalue weighted by Gasteiger charge is 2.30. The van der Waals surface area contributed by atoms with Crippen molar-refractivity contribution in [3.8, 4) is 0 Å². The molecule has 1 atom stereocenters. The molecule has 0 unspecified atom stereocenters. The number of carbonyl (C=O) groups is 1. The monoisotopic (exact) mass is 342 g/mol. The van der Waals surface area contributed by atoms with Gasteiger partial charge in [-0.3, -0.25) is 9.36 Å². The molecule has 0 saturated carbocycles. The molecule has 1 aromatic heterocycles. The molecule has 1 amide bonds. The van der Waals surface area contributed by atoms with Crippen molar-refractivity contribution in [2.45, 2.75) is 32.6 Å². The van der Waals surface area contributed by atoms with Gasteiger partial charge < -0.3 is 5.32 Å². The molecule has 1 heterocycles. The number of amides is 1. The van der Waals surface area contributed by atoms with Gasteiger partial charge in [0.25, 0.3) is 0 Å². The largest absolute Gasteiger partial charge is 0.416 e. The third kappa shape index (κ3) is 4.24. The lowest BCUT2D eigenvalue weighted by Gasteiger charge is -2.23. The quantitative estimate of drug-likeness (QED) is 0.873. The third-order valence-corrected chi connectivity index (χ3v) is 3.51. The number of aromatic nitrogens is 3. The van der Waals surface area contributed by atoms with Crippen LogP contribution in [0.4, 0.5) is 13.2 Å². The van der Waals surface area contributed by atoms with Gasteiger partial charge in [-0.05, 0) is 23.6 Å². The molecule has 1 aromatic carbocycles. The van der Waals surface area contributed by atoms with Crippen LogP contribution in [0, 0.1) is 5.92 Å². The Balaban J connectivity index is 2.13. The van der Waals surface area contributed by atoms with Crippen molar-refractivity contribution >= 4 is 5.91 Å². The second-order valence-electron chi connectivity index (χ2n) is 5.70. The van der Waals surface area contributed by atoms with Crippen molar-refractivity contribution in [1.82, 2.24) is 20.1 Å². The van der Waals surface area contributed by atoms with Gasteiger partial charge in [0, 0.05) is 0 Å². The second kappa shape index (κ2) is 6.90. The molecule has 0 saturated heterocycles. The Morgan fingerprint density at radius 2 is 1.92 bits per heavy atom. The molecule has 0 radical (unpaired) electrons. The van der Waals surface area contributed by atoms with Crippen LogP contribution in [0.25, 0.3) is 0 Å². The van der Waals surface area contributed by atoms with Gasteiger partial charge in [-0.25, -0.2) is 9.89 Å². The zero-order valence-electron chi connectivity index (χ0n) is 13.1. The first kappa shape index (κ1) is 17.8. The number of nitrogens with zero attached hydrogens (tertiary/aromatic N) is 2. The van der Waals surface area contributed by atoms with E-state index in [-0.39, 0.29) is 12.5 Å². The fourth-order valence-corrected chi connectivity index (χ4v) is 2.27. The molecule has 2 N–H and O–H groups in total. The number of alkyl halides is 3. The highest BCUT2D eigenvalue weighted by molar-refractivity contribution is 5.76. The Kier molecular flexibility index (Phi) is 5.10. The summed E-state index contributed by atoms with van der Waals surface area (Å²) in [6.07, 6.45) is -3.21. The average Bonchev–Trinajstić information content (AvgIpc) is 2.89. The first-order chi connectivity index (χ1) is 11.2. The van der Waals surface area contributed by atoms with E-state index in [9.17, 15) is 22.8 Å². The van der Waals surface area contributed by atoms with Crippen LogP contribution in [0.3, 0.4) is 0 Å². The van der Waals surface area contributed by atoms with Gasteiger partial charge in [0.05, 0.1) is 11.6 Å². The Morgan fingerprint density at radius 3 is 2.38 bits per heavy atom. The zero-order chi connectivity index (χ0) is 17.9. The molecular formula is C15H17F3N4O2. The van der Waals surface area contributed by atoms with Crippen molar-refractivity contribution in [3.05, 3.63) is 52.2 Å². The summed E-state index contributed by atoms with van der Waals surface area (Å²) in [5.74, 6) is -0.483. The number of rotatable bonds is 5. The summed E-state index contributed by atoms with van der Waals surface area (Å²) >= 11 is 0. The Bertz CT molecular complexity index is 747. The van der Waals surface area contributed by atoms with Crippen molar-refractivity contribution in [2.24, 2.45) is 5.92 Å². The molecule has 9 heteroatoms. The molecule has 0 fully saturated rings. The maximum absolute atomic E-state index is 12.6. The molecule has 130 valence electrons. The summed E-state index contributed by atoms with van der Waals surface area (Å²) < 4.78 is 39.0. The number of aromatic amines is 1. The van der Waals surface area contributed by atoms with Crippen molar-refractivity contribution in [1.29, 1.82) is 0 Å². The Morgan fingerprint density at radius 1 is 1.29 bits per heavy atom. The number of H-pyrrole nitrogens is 1. The minimum atomic E-state index is -4.41.